The van der Waals surface area contributed by atoms with E-state index in [1.54, 1.807) is 0 Å². The maximum absolute atomic E-state index is 7.50. The predicted molar refractivity (Wildman–Crippen MR) is 297 cm³/mol. The summed E-state index contributed by atoms with van der Waals surface area (Å²) in [6.07, 6.45) is 47.1. The summed E-state index contributed by atoms with van der Waals surface area (Å²) >= 11 is 0. The van der Waals surface area contributed by atoms with Gasteiger partial charge in [0.2, 0.25) is 0 Å². The van der Waals surface area contributed by atoms with Gasteiger partial charge in [-0.2, -0.15) is 0 Å². The fraction of sp³-hybridized carbons (Fsp3) is 0.982. The third-order valence-electron chi connectivity index (χ3n) is 10.9. The van der Waals surface area contributed by atoms with Crippen molar-refractivity contribution in [3.8, 4) is 0 Å². The van der Waals surface area contributed by atoms with Gasteiger partial charge in [-0.3, -0.25) is 4.79 Å². The Balaban J connectivity index is -0.000000289. The Morgan fingerprint density at radius 1 is 0.217 bits per heavy atom. The maximum Gasteiger partial charge on any atom is 0.332 e. The molecule has 0 aliphatic rings. The summed E-state index contributed by atoms with van der Waals surface area (Å²) in [6, 6.07) is 0. The van der Waals surface area contributed by atoms with Crippen LogP contribution >= 0.6 is 25.8 Å². The van der Waals surface area contributed by atoms with Crippen LogP contribution in [0, 0.1) is 0 Å². The Kier molecular flexibility index (Phi) is 89.3. The maximum atomic E-state index is 7.50. The second-order valence-corrected chi connectivity index (χ2v) is 21.2. The van der Waals surface area contributed by atoms with Gasteiger partial charge in [-0.1, -0.05) is 234 Å². The standard InChI is InChI=1S/3C18H39O3P.CO.Ni/c3*1-4-7-9-10-11-12-13-14-15-16-18-21-22(19-6-3)20-17-8-5-2;1-2;/h3*4-18H2,1-3H3;;. The van der Waals surface area contributed by atoms with E-state index >= 15 is 0 Å². The van der Waals surface area contributed by atoms with Crippen LogP contribution in [0.15, 0.2) is 0 Å². The Morgan fingerprint density at radius 3 is 0.522 bits per heavy atom. The summed E-state index contributed by atoms with van der Waals surface area (Å²) in [7, 11) is -3.33. The van der Waals surface area contributed by atoms with Gasteiger partial charge in [-0.25, -0.2) is 0 Å². The first-order valence-electron chi connectivity index (χ1n) is 28.8. The van der Waals surface area contributed by atoms with Crippen LogP contribution in [0.5, 0.6) is 0 Å². The molecule has 0 heterocycles. The molecule has 3 unspecified atom stereocenters. The van der Waals surface area contributed by atoms with Gasteiger partial charge in [-0.15, -0.1) is 0 Å². The van der Waals surface area contributed by atoms with Gasteiger partial charge < -0.3 is 40.7 Å². The van der Waals surface area contributed by atoms with Gasteiger partial charge in [0.15, 0.2) is 0 Å². The predicted octanol–water partition coefficient (Wildman–Crippen LogP) is 20.6. The summed E-state index contributed by atoms with van der Waals surface area (Å²) in [5.74, 6) is 0. The van der Waals surface area contributed by atoms with Gasteiger partial charge >= 0.3 is 25.8 Å². The van der Waals surface area contributed by atoms with Crippen molar-refractivity contribution < 1.29 is 62.0 Å². The Morgan fingerprint density at radius 2 is 0.362 bits per heavy atom. The third-order valence-corrected chi connectivity index (χ3v) is 14.6. The van der Waals surface area contributed by atoms with Crippen LogP contribution in [0.1, 0.15) is 293 Å². The molecular formula is C55H117NiO10P3. The van der Waals surface area contributed by atoms with E-state index in [0.717, 1.165) is 97.4 Å². The van der Waals surface area contributed by atoms with Crippen molar-refractivity contribution in [2.24, 2.45) is 0 Å². The first-order valence-corrected chi connectivity index (χ1v) is 32.1. The van der Waals surface area contributed by atoms with Crippen molar-refractivity contribution >= 4 is 32.6 Å². The molecule has 0 bridgehead atoms. The molecule has 0 aromatic rings. The van der Waals surface area contributed by atoms with Crippen LogP contribution in [-0.4, -0.2) is 66.3 Å². The molecule has 0 aliphatic heterocycles. The molecule has 0 N–H and O–H groups in total. The summed E-state index contributed by atoms with van der Waals surface area (Å²) < 4.78 is 50.6. The zero-order chi connectivity index (χ0) is 50.9. The van der Waals surface area contributed by atoms with Gasteiger partial charge in [0.1, 0.15) is 0 Å². The number of rotatable bonds is 54. The van der Waals surface area contributed by atoms with Gasteiger partial charge in [0.05, 0.1) is 59.5 Å². The minimum absolute atomic E-state index is 0. The SMILES string of the molecule is CCCCCCCCCCCCOP(OCC)OCCCC.CCCCCCCCCCCCOP(OCC)OCCCC.CCCCCCCCCCCCOP(OCC)OCCCC.[C]=O.[Ni]. The first kappa shape index (κ1) is 79.0. The molecule has 2 radical (unpaired) electrons. The number of hydrogen-bond acceptors (Lipinski definition) is 10. The van der Waals surface area contributed by atoms with Crippen molar-refractivity contribution in [2.45, 2.75) is 293 Å². The van der Waals surface area contributed by atoms with E-state index < -0.39 is 25.8 Å². The average molecular weight is 1090 g/mol. The molecule has 0 saturated heterocycles. The van der Waals surface area contributed by atoms with E-state index in [2.05, 4.69) is 48.3 Å². The molecule has 0 fully saturated rings. The molecule has 14 heteroatoms. The van der Waals surface area contributed by atoms with Crippen molar-refractivity contribution in [1.29, 1.82) is 0 Å². The van der Waals surface area contributed by atoms with Crippen molar-refractivity contribution in [3.05, 3.63) is 0 Å². The van der Waals surface area contributed by atoms with Crippen LogP contribution in [0.25, 0.3) is 0 Å². The molecule has 0 aromatic carbocycles. The van der Waals surface area contributed by atoms with Gasteiger partial charge in [-0.05, 0) is 59.3 Å². The topological polar surface area (TPSA) is 100 Å². The second kappa shape index (κ2) is 78.0. The van der Waals surface area contributed by atoms with Gasteiger partial charge in [0.25, 0.3) is 6.79 Å². The molecule has 0 aromatic heterocycles. The minimum Gasteiger partial charge on any atom is -0.313 e. The zero-order valence-electron chi connectivity index (χ0n) is 47.1. The summed E-state index contributed by atoms with van der Waals surface area (Å²) in [6.45, 7) is 30.3. The zero-order valence-corrected chi connectivity index (χ0v) is 50.7. The normalized spacial score (nSPS) is 12.2. The minimum atomic E-state index is -1.11. The Bertz CT molecular complexity index is 734. The van der Waals surface area contributed by atoms with Crippen molar-refractivity contribution in [1.82, 2.24) is 0 Å². The fourth-order valence-electron chi connectivity index (χ4n) is 6.69. The van der Waals surface area contributed by atoms with Crippen molar-refractivity contribution in [3.63, 3.8) is 0 Å². The second-order valence-electron chi connectivity index (χ2n) is 17.5. The Hall–Kier alpha value is 1.09. The van der Waals surface area contributed by atoms with Crippen LogP contribution in [-0.2, 0) is 62.0 Å². The largest absolute Gasteiger partial charge is 0.332 e. The van der Waals surface area contributed by atoms with Crippen LogP contribution in [0.3, 0.4) is 0 Å². The monoisotopic (exact) mass is 1090 g/mol. The smallest absolute Gasteiger partial charge is 0.313 e. The third kappa shape index (κ3) is 75.7. The van der Waals surface area contributed by atoms with Crippen LogP contribution in [0.4, 0.5) is 0 Å². The average Bonchev–Trinajstić information content (AvgIpc) is 3.35. The molecule has 10 nitrogen and oxygen atoms in total. The van der Waals surface area contributed by atoms with Crippen LogP contribution < -0.4 is 0 Å². The quantitative estimate of drug-likeness (QED) is 0.0333. The summed E-state index contributed by atoms with van der Waals surface area (Å²) in [5.41, 5.74) is 0. The molecule has 0 spiro atoms. The molecule has 3 atom stereocenters. The van der Waals surface area contributed by atoms with E-state index in [0.29, 0.717) is 19.8 Å². The van der Waals surface area contributed by atoms with E-state index in [-0.39, 0.29) is 16.5 Å². The number of hydrogen-bond donors (Lipinski definition) is 0. The number of unbranched alkanes of at least 4 members (excludes halogenated alkanes) is 30. The molecule has 69 heavy (non-hydrogen) atoms. The van der Waals surface area contributed by atoms with E-state index in [9.17, 15) is 0 Å². The van der Waals surface area contributed by atoms with Gasteiger partial charge in [0, 0.05) is 16.5 Å². The van der Waals surface area contributed by atoms with Crippen molar-refractivity contribution in [2.75, 3.05) is 59.5 Å². The van der Waals surface area contributed by atoms with Crippen LogP contribution in [0.2, 0.25) is 0 Å². The summed E-state index contributed by atoms with van der Waals surface area (Å²) in [4.78, 5) is 7.50. The molecular weight excluding hydrogens is 972 g/mol. The molecule has 0 aliphatic carbocycles. The molecule has 422 valence electrons. The Labute approximate surface area is 445 Å². The summed E-state index contributed by atoms with van der Waals surface area (Å²) in [5, 5.41) is 0. The van der Waals surface area contributed by atoms with E-state index in [4.69, 9.17) is 45.5 Å². The molecule has 0 amide bonds. The van der Waals surface area contributed by atoms with E-state index in [1.807, 2.05) is 20.8 Å². The first-order chi connectivity index (χ1) is 33.5. The fourth-order valence-corrected chi connectivity index (χ4v) is 9.66. The van der Waals surface area contributed by atoms with E-state index in [1.165, 1.54) is 173 Å². The molecule has 0 rings (SSSR count). The number of carbonyl (C=O) groups excluding carboxylic acids is 1. The molecule has 0 saturated carbocycles.